The van der Waals surface area contributed by atoms with Gasteiger partial charge in [-0.2, -0.15) is 4.98 Å². The maximum Gasteiger partial charge on any atom is 0.303 e. The number of aliphatic carboxylic acids is 1. The van der Waals surface area contributed by atoms with E-state index in [2.05, 4.69) is 10.3 Å². The van der Waals surface area contributed by atoms with E-state index in [9.17, 15) is 9.18 Å². The van der Waals surface area contributed by atoms with Gasteiger partial charge in [0.1, 0.15) is 5.82 Å². The van der Waals surface area contributed by atoms with Crippen molar-refractivity contribution in [1.82, 2.24) is 9.97 Å². The van der Waals surface area contributed by atoms with Gasteiger partial charge in [0.25, 0.3) is 0 Å². The lowest BCUT2D eigenvalue weighted by Gasteiger charge is -2.17. The molecule has 0 atom stereocenters. The van der Waals surface area contributed by atoms with E-state index >= 15 is 0 Å². The molecule has 0 radical (unpaired) electrons. The molecule has 2 aromatic carbocycles. The van der Waals surface area contributed by atoms with Gasteiger partial charge < -0.3 is 25.3 Å². The number of hydrogen-bond acceptors (Lipinski definition) is 7. The van der Waals surface area contributed by atoms with Crippen molar-refractivity contribution in [2.75, 3.05) is 26.1 Å². The fourth-order valence-corrected chi connectivity index (χ4v) is 3.97. The predicted octanol–water partition coefficient (Wildman–Crippen LogP) is 5.39. The van der Waals surface area contributed by atoms with E-state index in [0.717, 1.165) is 16.7 Å². The Labute approximate surface area is 207 Å². The second-order valence-electron chi connectivity index (χ2n) is 7.97. The minimum Gasteiger partial charge on any atom is -0.481 e. The molecule has 0 saturated carbocycles. The third kappa shape index (κ3) is 5.10. The molecular formula is C27H25FN4O4. The molecule has 0 saturated heterocycles. The van der Waals surface area contributed by atoms with Crippen LogP contribution in [-0.4, -0.2) is 48.0 Å². The summed E-state index contributed by atoms with van der Waals surface area (Å²) in [7, 11) is 3.08. The first-order valence-corrected chi connectivity index (χ1v) is 11.2. The van der Waals surface area contributed by atoms with Crippen LogP contribution in [0, 0.1) is 11.2 Å². The molecule has 9 heteroatoms. The molecule has 8 nitrogen and oxygen atoms in total. The molecule has 4 rings (SSSR count). The van der Waals surface area contributed by atoms with Crippen molar-refractivity contribution in [3.63, 3.8) is 0 Å². The number of hydrogen-bond donors (Lipinski definition) is 3. The topological polar surface area (TPSA) is 117 Å². The fourth-order valence-electron chi connectivity index (χ4n) is 3.97. The average Bonchev–Trinajstić information content (AvgIpc) is 2.90. The van der Waals surface area contributed by atoms with E-state index in [-0.39, 0.29) is 6.42 Å². The Hall–Kier alpha value is -4.53. The van der Waals surface area contributed by atoms with Crippen LogP contribution in [0.5, 0.6) is 11.8 Å². The number of rotatable bonds is 10. The van der Waals surface area contributed by atoms with Gasteiger partial charge in [-0.05, 0) is 36.2 Å². The van der Waals surface area contributed by atoms with Crippen LogP contribution < -0.4 is 14.8 Å². The molecule has 2 aromatic heterocycles. The van der Waals surface area contributed by atoms with Crippen molar-refractivity contribution in [1.29, 1.82) is 5.41 Å². The number of nitrogens with one attached hydrogen (secondary N) is 2. The summed E-state index contributed by atoms with van der Waals surface area (Å²) in [6.45, 7) is 0.353. The highest BCUT2D eigenvalue weighted by molar-refractivity contribution is 6.05. The first-order chi connectivity index (χ1) is 17.4. The molecular weight excluding hydrogens is 463 g/mol. The van der Waals surface area contributed by atoms with Crippen LogP contribution >= 0.6 is 0 Å². The van der Waals surface area contributed by atoms with E-state index in [1.54, 1.807) is 19.2 Å². The quantitative estimate of drug-likeness (QED) is 0.202. The minimum atomic E-state index is -0.890. The van der Waals surface area contributed by atoms with Gasteiger partial charge in [-0.25, -0.2) is 9.37 Å². The maximum atomic E-state index is 14.1. The number of fused-ring (bicyclic) bond motifs is 1. The highest BCUT2D eigenvalue weighted by Gasteiger charge is 2.17. The number of pyridine rings is 2. The number of halogens is 1. The number of nitrogens with zero attached hydrogens (tertiary/aromatic N) is 2. The molecule has 0 aliphatic carbocycles. The van der Waals surface area contributed by atoms with Gasteiger partial charge in [-0.1, -0.05) is 24.3 Å². The number of carbonyl (C=O) groups is 1. The van der Waals surface area contributed by atoms with Gasteiger partial charge in [0.05, 0.1) is 31.1 Å². The van der Waals surface area contributed by atoms with Crippen LogP contribution in [-0.2, 0) is 4.79 Å². The Balaban J connectivity index is 1.77. The number of benzene rings is 2. The molecule has 184 valence electrons. The van der Waals surface area contributed by atoms with E-state index in [1.807, 2.05) is 30.3 Å². The predicted molar refractivity (Wildman–Crippen MR) is 137 cm³/mol. The highest BCUT2D eigenvalue weighted by Crippen LogP contribution is 2.36. The first kappa shape index (κ1) is 24.6. The molecule has 0 amide bonds. The summed E-state index contributed by atoms with van der Waals surface area (Å²) in [5, 5.41) is 20.8. The van der Waals surface area contributed by atoms with Crippen molar-refractivity contribution >= 4 is 28.8 Å². The van der Waals surface area contributed by atoms with E-state index in [4.69, 9.17) is 25.0 Å². The second-order valence-corrected chi connectivity index (χ2v) is 7.97. The Kier molecular flexibility index (Phi) is 7.39. The second kappa shape index (κ2) is 10.8. The van der Waals surface area contributed by atoms with E-state index in [1.165, 1.54) is 25.5 Å². The lowest BCUT2D eigenvalue weighted by molar-refractivity contribution is -0.137. The van der Waals surface area contributed by atoms with E-state index in [0.29, 0.717) is 52.6 Å². The number of carboxylic acid groups (broad SMARTS) is 1. The molecule has 0 aliphatic heterocycles. The normalized spacial score (nSPS) is 10.8. The molecule has 2 heterocycles. The van der Waals surface area contributed by atoms with Crippen LogP contribution in [0.2, 0.25) is 0 Å². The smallest absolute Gasteiger partial charge is 0.303 e. The average molecular weight is 489 g/mol. The van der Waals surface area contributed by atoms with Gasteiger partial charge in [-0.15, -0.1) is 0 Å². The standard InChI is InChI=1S/C27H25FN4O4/c1-35-23-12-10-19(27(32-23)36-2)16-5-7-17(8-6-16)25-21(15-29)26(30-13-3-4-24(33)34)20-14-18(28)9-11-22(20)31-25/h5-12,14-15,29H,3-4,13H2,1-2H3,(H,30,31)(H,33,34). The Morgan fingerprint density at radius 2 is 1.81 bits per heavy atom. The first-order valence-electron chi connectivity index (χ1n) is 11.2. The van der Waals surface area contributed by atoms with Gasteiger partial charge in [0, 0.05) is 47.3 Å². The number of methoxy groups -OCH3 is 2. The summed E-state index contributed by atoms with van der Waals surface area (Å²) in [6.07, 6.45) is 1.56. The SMILES string of the molecule is COc1ccc(-c2ccc(-c3nc4ccc(F)cc4c(NCCCC(=O)O)c3C=N)cc2)c(OC)n1. The Morgan fingerprint density at radius 3 is 2.47 bits per heavy atom. The van der Waals surface area contributed by atoms with Crippen LogP contribution in [0.3, 0.4) is 0 Å². The lowest BCUT2D eigenvalue weighted by Crippen LogP contribution is -2.09. The Bertz CT molecular complexity index is 1420. The molecule has 4 aromatic rings. The van der Waals surface area contributed by atoms with Crippen molar-refractivity contribution in [2.45, 2.75) is 12.8 Å². The zero-order valence-electron chi connectivity index (χ0n) is 19.8. The van der Waals surface area contributed by atoms with Gasteiger partial charge in [0.2, 0.25) is 11.8 Å². The van der Waals surface area contributed by atoms with Crippen LogP contribution in [0.15, 0.2) is 54.6 Å². The minimum absolute atomic E-state index is 0.00228. The summed E-state index contributed by atoms with van der Waals surface area (Å²) in [5.41, 5.74) is 4.56. The monoisotopic (exact) mass is 488 g/mol. The summed E-state index contributed by atoms with van der Waals surface area (Å²) in [6, 6.07) is 15.5. The number of carboxylic acids is 1. The molecule has 3 N–H and O–H groups in total. The van der Waals surface area contributed by atoms with Gasteiger partial charge in [0.15, 0.2) is 0 Å². The third-order valence-corrected chi connectivity index (χ3v) is 5.70. The molecule has 36 heavy (non-hydrogen) atoms. The fraction of sp³-hybridized carbons (Fsp3) is 0.185. The number of aromatic nitrogens is 2. The molecule has 0 spiro atoms. The summed E-state index contributed by atoms with van der Waals surface area (Å²) in [4.78, 5) is 19.9. The van der Waals surface area contributed by atoms with E-state index < -0.39 is 11.8 Å². The van der Waals surface area contributed by atoms with Crippen molar-refractivity contribution < 1.29 is 23.8 Å². The third-order valence-electron chi connectivity index (χ3n) is 5.70. The largest absolute Gasteiger partial charge is 0.481 e. The molecule has 0 fully saturated rings. The summed E-state index contributed by atoms with van der Waals surface area (Å²) in [5.74, 6) is -0.434. The van der Waals surface area contributed by atoms with Crippen molar-refractivity contribution in [3.05, 3.63) is 66.0 Å². The van der Waals surface area contributed by atoms with Gasteiger partial charge >= 0.3 is 5.97 Å². The van der Waals surface area contributed by atoms with Crippen LogP contribution in [0.25, 0.3) is 33.3 Å². The zero-order chi connectivity index (χ0) is 25.7. The molecule has 0 unspecified atom stereocenters. The van der Waals surface area contributed by atoms with Gasteiger partial charge in [-0.3, -0.25) is 4.79 Å². The highest BCUT2D eigenvalue weighted by atomic mass is 19.1. The van der Waals surface area contributed by atoms with Crippen molar-refractivity contribution in [2.24, 2.45) is 0 Å². The molecule has 0 aliphatic rings. The lowest BCUT2D eigenvalue weighted by atomic mass is 9.98. The zero-order valence-corrected chi connectivity index (χ0v) is 19.8. The number of ether oxygens (including phenoxy) is 2. The number of anilines is 1. The van der Waals surface area contributed by atoms with Crippen LogP contribution in [0.1, 0.15) is 18.4 Å². The Morgan fingerprint density at radius 1 is 1.06 bits per heavy atom. The maximum absolute atomic E-state index is 14.1. The summed E-state index contributed by atoms with van der Waals surface area (Å²) < 4.78 is 24.7. The summed E-state index contributed by atoms with van der Waals surface area (Å²) >= 11 is 0. The van der Waals surface area contributed by atoms with Crippen LogP contribution in [0.4, 0.5) is 10.1 Å². The van der Waals surface area contributed by atoms with Crippen molar-refractivity contribution in [3.8, 4) is 34.1 Å². The molecule has 0 bridgehead atoms.